The van der Waals surface area contributed by atoms with Gasteiger partial charge in [-0.3, -0.25) is 4.79 Å². The Kier molecular flexibility index (Phi) is 7.26. The number of amides is 1. The highest BCUT2D eigenvalue weighted by Crippen LogP contribution is 2.45. The Morgan fingerprint density at radius 2 is 1.90 bits per heavy atom. The molecule has 0 bridgehead atoms. The van der Waals surface area contributed by atoms with Crippen LogP contribution in [0.4, 0.5) is 0 Å². The zero-order chi connectivity index (χ0) is 22.7. The predicted octanol–water partition coefficient (Wildman–Crippen LogP) is 4.68. The Bertz CT molecular complexity index is 963. The number of amidine groups is 1. The first-order valence-corrected chi connectivity index (χ1v) is 11.5. The lowest BCUT2D eigenvalue weighted by molar-refractivity contribution is -0.143. The lowest BCUT2D eigenvalue weighted by atomic mass is 9.91. The summed E-state index contributed by atoms with van der Waals surface area (Å²) in [5, 5.41) is 5.72. The maximum absolute atomic E-state index is 13.1. The fourth-order valence-electron chi connectivity index (χ4n) is 3.64. The van der Waals surface area contributed by atoms with Crippen molar-refractivity contribution in [2.24, 2.45) is 10.9 Å². The number of ether oxygens (including phenoxy) is 1. The molecule has 2 aliphatic rings. The molecule has 2 heterocycles. The summed E-state index contributed by atoms with van der Waals surface area (Å²) in [6.07, 6.45) is -0.00683. The summed E-state index contributed by atoms with van der Waals surface area (Å²) in [4.78, 5) is 32.4. The van der Waals surface area contributed by atoms with E-state index in [1.807, 2.05) is 62.3 Å². The van der Waals surface area contributed by atoms with Crippen LogP contribution < -0.4 is 5.32 Å². The number of aliphatic imine (C=N–C) groups is 1. The first-order chi connectivity index (χ1) is 14.7. The van der Waals surface area contributed by atoms with Crippen LogP contribution in [0, 0.1) is 12.8 Å². The largest absolute Gasteiger partial charge is 0.459 e. The van der Waals surface area contributed by atoms with Gasteiger partial charge in [0.05, 0.1) is 29.8 Å². The quantitative estimate of drug-likeness (QED) is 0.622. The Morgan fingerprint density at radius 1 is 1.19 bits per heavy atom. The van der Waals surface area contributed by atoms with Crippen LogP contribution in [0.25, 0.3) is 0 Å². The molecule has 31 heavy (non-hydrogen) atoms. The van der Waals surface area contributed by atoms with Crippen molar-refractivity contribution in [3.05, 3.63) is 57.8 Å². The molecule has 1 amide bonds. The van der Waals surface area contributed by atoms with Crippen LogP contribution in [0.1, 0.15) is 58.2 Å². The molecule has 2 aliphatic heterocycles. The zero-order valence-corrected chi connectivity index (χ0v) is 19.9. The molecular formula is C24H31N3O3S. The van der Waals surface area contributed by atoms with E-state index in [1.54, 1.807) is 0 Å². The smallest absolute Gasteiger partial charge is 0.338 e. The molecule has 3 rings (SSSR count). The van der Waals surface area contributed by atoms with Gasteiger partial charge in [0.25, 0.3) is 0 Å². The van der Waals surface area contributed by atoms with Crippen molar-refractivity contribution < 1.29 is 14.3 Å². The second kappa shape index (κ2) is 9.73. The molecule has 1 atom stereocenters. The lowest BCUT2D eigenvalue weighted by Gasteiger charge is -2.37. The summed E-state index contributed by atoms with van der Waals surface area (Å²) in [5.41, 5.74) is 4.07. The Labute approximate surface area is 188 Å². The van der Waals surface area contributed by atoms with E-state index in [0.717, 1.165) is 22.0 Å². The van der Waals surface area contributed by atoms with Gasteiger partial charge in [-0.15, -0.1) is 0 Å². The highest BCUT2D eigenvalue weighted by molar-refractivity contribution is 8.16. The number of carbonyl (C=O) groups is 2. The molecule has 0 fully saturated rings. The third-order valence-corrected chi connectivity index (χ3v) is 5.98. The fourth-order valence-corrected chi connectivity index (χ4v) is 4.61. The Balaban J connectivity index is 2.00. The van der Waals surface area contributed by atoms with Crippen LogP contribution in [-0.4, -0.2) is 34.6 Å². The number of allylic oxidation sites excluding steroid dienone is 1. The first-order valence-electron chi connectivity index (χ1n) is 10.7. The van der Waals surface area contributed by atoms with E-state index < -0.39 is 0 Å². The first kappa shape index (κ1) is 23.1. The summed E-state index contributed by atoms with van der Waals surface area (Å²) < 4.78 is 5.58. The van der Waals surface area contributed by atoms with Crippen LogP contribution in [-0.2, 0) is 14.3 Å². The van der Waals surface area contributed by atoms with Gasteiger partial charge in [-0.05, 0) is 50.1 Å². The molecule has 1 aromatic rings. The van der Waals surface area contributed by atoms with E-state index in [2.05, 4.69) is 19.2 Å². The third kappa shape index (κ3) is 5.21. The normalized spacial score (nSPS) is 18.2. The Hall–Kier alpha value is -2.54. The van der Waals surface area contributed by atoms with Crippen LogP contribution in [0.5, 0.6) is 0 Å². The van der Waals surface area contributed by atoms with Gasteiger partial charge in [0.1, 0.15) is 0 Å². The summed E-state index contributed by atoms with van der Waals surface area (Å²) in [6, 6.07) is 7.62. The van der Waals surface area contributed by atoms with Gasteiger partial charge in [-0.25, -0.2) is 9.79 Å². The second-order valence-corrected chi connectivity index (χ2v) is 9.41. The van der Waals surface area contributed by atoms with Crippen molar-refractivity contribution in [3.63, 3.8) is 0 Å². The predicted molar refractivity (Wildman–Crippen MR) is 125 cm³/mol. The average molecular weight is 442 g/mol. The van der Waals surface area contributed by atoms with E-state index >= 15 is 0 Å². The maximum Gasteiger partial charge on any atom is 0.338 e. The van der Waals surface area contributed by atoms with E-state index in [-0.39, 0.29) is 30.4 Å². The lowest BCUT2D eigenvalue weighted by Crippen LogP contribution is -2.39. The summed E-state index contributed by atoms with van der Waals surface area (Å²) >= 11 is 1.48. The summed E-state index contributed by atoms with van der Waals surface area (Å²) in [7, 11) is 0. The number of hydrogen-bond donors (Lipinski definition) is 1. The number of nitrogens with one attached hydrogen (secondary N) is 1. The molecule has 1 unspecified atom stereocenters. The van der Waals surface area contributed by atoms with Gasteiger partial charge in [0, 0.05) is 12.2 Å². The van der Waals surface area contributed by atoms with Gasteiger partial charge >= 0.3 is 5.97 Å². The number of benzene rings is 1. The number of carbonyl (C=O) groups excluding carboxylic acids is 2. The van der Waals surface area contributed by atoms with Gasteiger partial charge in [0.2, 0.25) is 5.91 Å². The zero-order valence-electron chi connectivity index (χ0n) is 19.1. The molecule has 0 spiro atoms. The number of fused-ring (bicyclic) bond motifs is 1. The number of thioether (sulfide) groups is 1. The van der Waals surface area contributed by atoms with E-state index in [9.17, 15) is 9.59 Å². The van der Waals surface area contributed by atoms with Crippen molar-refractivity contribution in [1.82, 2.24) is 10.2 Å². The highest BCUT2D eigenvalue weighted by Gasteiger charge is 2.41. The molecule has 1 N–H and O–H groups in total. The van der Waals surface area contributed by atoms with Crippen LogP contribution in [0.2, 0.25) is 0 Å². The standard InChI is InChI=1S/C24H31N3O3S/c1-14(2)12-25-20(28)11-18-13-31-24-26-17(6)21(23(29)30-15(3)4)22(27(18)24)19-10-8-7-9-16(19)5/h7-10,13-15,22H,11-12H2,1-6H3,(H,25,28). The monoisotopic (exact) mass is 441 g/mol. The number of nitrogens with zero attached hydrogens (tertiary/aromatic N) is 2. The molecule has 7 heteroatoms. The molecule has 0 saturated heterocycles. The molecule has 0 radical (unpaired) electrons. The van der Waals surface area contributed by atoms with Crippen LogP contribution in [0.3, 0.4) is 0 Å². The topological polar surface area (TPSA) is 71.0 Å². The second-order valence-electron chi connectivity index (χ2n) is 8.58. The van der Waals surface area contributed by atoms with Gasteiger partial charge < -0.3 is 15.0 Å². The number of rotatable bonds is 7. The van der Waals surface area contributed by atoms with E-state index in [0.29, 0.717) is 23.7 Å². The molecule has 0 saturated carbocycles. The molecule has 1 aromatic carbocycles. The summed E-state index contributed by atoms with van der Waals surface area (Å²) in [6.45, 7) is 12.3. The summed E-state index contributed by atoms with van der Waals surface area (Å²) in [5.74, 6) is -0.0299. The number of aryl methyl sites for hydroxylation is 1. The minimum absolute atomic E-state index is 0.0390. The minimum atomic E-state index is -0.390. The van der Waals surface area contributed by atoms with E-state index in [4.69, 9.17) is 9.73 Å². The maximum atomic E-state index is 13.1. The minimum Gasteiger partial charge on any atom is -0.459 e. The van der Waals surface area contributed by atoms with Crippen molar-refractivity contribution >= 4 is 28.8 Å². The molecular weight excluding hydrogens is 410 g/mol. The van der Waals surface area contributed by atoms with Crippen molar-refractivity contribution in [2.75, 3.05) is 6.54 Å². The number of esters is 1. The SMILES string of the molecule is CC1=C(C(=O)OC(C)C)C(c2ccccc2C)N2C(CC(=O)NCC(C)C)=CSC2=N1. The molecule has 6 nitrogen and oxygen atoms in total. The molecule has 0 aromatic heterocycles. The van der Waals surface area contributed by atoms with Crippen LogP contribution >= 0.6 is 11.8 Å². The van der Waals surface area contributed by atoms with Gasteiger partial charge in [-0.1, -0.05) is 49.9 Å². The van der Waals surface area contributed by atoms with Crippen molar-refractivity contribution in [2.45, 2.75) is 60.1 Å². The average Bonchev–Trinajstić information content (AvgIpc) is 3.07. The Morgan fingerprint density at radius 3 is 2.55 bits per heavy atom. The van der Waals surface area contributed by atoms with Crippen LogP contribution in [0.15, 0.2) is 51.6 Å². The van der Waals surface area contributed by atoms with E-state index in [1.165, 1.54) is 11.8 Å². The third-order valence-electron chi connectivity index (χ3n) is 5.10. The van der Waals surface area contributed by atoms with Gasteiger partial charge in [-0.2, -0.15) is 0 Å². The van der Waals surface area contributed by atoms with Crippen molar-refractivity contribution in [3.8, 4) is 0 Å². The number of hydrogen-bond acceptors (Lipinski definition) is 6. The molecule has 166 valence electrons. The molecule has 0 aliphatic carbocycles. The van der Waals surface area contributed by atoms with Crippen molar-refractivity contribution in [1.29, 1.82) is 0 Å². The highest BCUT2D eigenvalue weighted by atomic mass is 32.2. The van der Waals surface area contributed by atoms with Gasteiger partial charge in [0.15, 0.2) is 5.17 Å². The fraction of sp³-hybridized carbons (Fsp3) is 0.458.